The standard InChI is InChI=1S/C19H19FN6/c1-11-12(7-21-2)4-5-15(20)18(11)16-6-14-17(9-22-16)24-25-19(14)13-8-23-26(3)10-13/h4-6,8-10,21H,7H2,1-3H3,(H,24,25). The Bertz CT molecular complexity index is 1090. The molecule has 0 amide bonds. The molecule has 0 bridgehead atoms. The van der Waals surface area contributed by atoms with E-state index < -0.39 is 0 Å². The summed E-state index contributed by atoms with van der Waals surface area (Å²) in [5, 5.41) is 15.6. The number of benzene rings is 1. The first-order valence-electron chi connectivity index (χ1n) is 8.34. The number of halogens is 1. The van der Waals surface area contributed by atoms with Gasteiger partial charge in [0.25, 0.3) is 0 Å². The summed E-state index contributed by atoms with van der Waals surface area (Å²) in [6.45, 7) is 2.60. The highest BCUT2D eigenvalue weighted by Crippen LogP contribution is 2.32. The third kappa shape index (κ3) is 2.66. The number of nitrogens with one attached hydrogen (secondary N) is 2. The van der Waals surface area contributed by atoms with Crippen molar-refractivity contribution < 1.29 is 4.39 Å². The van der Waals surface area contributed by atoms with Crippen LogP contribution in [-0.2, 0) is 13.6 Å². The van der Waals surface area contributed by atoms with Gasteiger partial charge in [-0.15, -0.1) is 0 Å². The van der Waals surface area contributed by atoms with Crippen LogP contribution in [0.1, 0.15) is 11.1 Å². The average molecular weight is 350 g/mol. The van der Waals surface area contributed by atoms with Crippen molar-refractivity contribution in [3.8, 4) is 22.5 Å². The summed E-state index contributed by atoms with van der Waals surface area (Å²) in [4.78, 5) is 4.46. The molecule has 1 aromatic carbocycles. The summed E-state index contributed by atoms with van der Waals surface area (Å²) in [5.74, 6) is -0.277. The normalized spacial score (nSPS) is 11.4. The Balaban J connectivity index is 1.90. The van der Waals surface area contributed by atoms with E-state index in [2.05, 4.69) is 25.6 Å². The zero-order chi connectivity index (χ0) is 18.3. The Morgan fingerprint density at radius 1 is 1.27 bits per heavy atom. The summed E-state index contributed by atoms with van der Waals surface area (Å²) in [5.41, 5.74) is 5.54. The lowest BCUT2D eigenvalue weighted by molar-refractivity contribution is 0.628. The molecular formula is C19H19FN6. The first kappa shape index (κ1) is 16.4. The van der Waals surface area contributed by atoms with E-state index in [1.807, 2.05) is 39.3 Å². The van der Waals surface area contributed by atoms with Crippen molar-refractivity contribution in [2.75, 3.05) is 7.05 Å². The van der Waals surface area contributed by atoms with Gasteiger partial charge in [0.2, 0.25) is 0 Å². The molecule has 2 N–H and O–H groups in total. The number of hydrogen-bond donors (Lipinski definition) is 2. The van der Waals surface area contributed by atoms with Crippen LogP contribution < -0.4 is 5.32 Å². The summed E-state index contributed by atoms with van der Waals surface area (Å²) in [6, 6.07) is 5.19. The van der Waals surface area contributed by atoms with Crippen molar-refractivity contribution in [3.63, 3.8) is 0 Å². The van der Waals surface area contributed by atoms with Crippen LogP contribution in [0.2, 0.25) is 0 Å². The van der Waals surface area contributed by atoms with Crippen LogP contribution in [0.3, 0.4) is 0 Å². The van der Waals surface area contributed by atoms with E-state index in [0.29, 0.717) is 17.8 Å². The maximum Gasteiger partial charge on any atom is 0.132 e. The van der Waals surface area contributed by atoms with E-state index in [9.17, 15) is 4.39 Å². The van der Waals surface area contributed by atoms with Crippen molar-refractivity contribution in [2.24, 2.45) is 7.05 Å². The Morgan fingerprint density at radius 3 is 2.85 bits per heavy atom. The highest BCUT2D eigenvalue weighted by Gasteiger charge is 2.16. The van der Waals surface area contributed by atoms with Crippen LogP contribution in [0.4, 0.5) is 4.39 Å². The van der Waals surface area contributed by atoms with Gasteiger partial charge < -0.3 is 5.32 Å². The second kappa shape index (κ2) is 6.34. The molecule has 4 aromatic rings. The number of aromatic nitrogens is 5. The molecule has 26 heavy (non-hydrogen) atoms. The molecule has 3 heterocycles. The first-order valence-corrected chi connectivity index (χ1v) is 8.34. The van der Waals surface area contributed by atoms with Gasteiger partial charge in [0.15, 0.2) is 0 Å². The number of H-pyrrole nitrogens is 1. The fourth-order valence-electron chi connectivity index (χ4n) is 3.24. The highest BCUT2D eigenvalue weighted by molar-refractivity contribution is 5.94. The van der Waals surface area contributed by atoms with Gasteiger partial charge in [0.1, 0.15) is 11.5 Å². The van der Waals surface area contributed by atoms with Gasteiger partial charge in [-0.1, -0.05) is 6.07 Å². The molecular weight excluding hydrogens is 331 g/mol. The van der Waals surface area contributed by atoms with E-state index in [-0.39, 0.29) is 5.82 Å². The third-order valence-electron chi connectivity index (χ3n) is 4.58. The number of rotatable bonds is 4. The predicted octanol–water partition coefficient (Wildman–Crippen LogP) is 3.19. The van der Waals surface area contributed by atoms with Crippen LogP contribution >= 0.6 is 0 Å². The van der Waals surface area contributed by atoms with Gasteiger partial charge in [0.05, 0.1) is 23.6 Å². The minimum atomic E-state index is -0.277. The Labute approximate surface area is 150 Å². The molecule has 0 spiro atoms. The maximum atomic E-state index is 14.6. The molecule has 0 aliphatic carbocycles. The Kier molecular flexibility index (Phi) is 4.00. The van der Waals surface area contributed by atoms with E-state index in [1.165, 1.54) is 6.07 Å². The van der Waals surface area contributed by atoms with Crippen molar-refractivity contribution in [2.45, 2.75) is 13.5 Å². The van der Waals surface area contributed by atoms with E-state index in [4.69, 9.17) is 0 Å². The molecule has 3 aromatic heterocycles. The lowest BCUT2D eigenvalue weighted by Crippen LogP contribution is -2.08. The number of aryl methyl sites for hydroxylation is 1. The SMILES string of the molecule is CNCc1ccc(F)c(-c2cc3c(-c4cnn(C)c4)n[nH]c3cn2)c1C. The van der Waals surface area contributed by atoms with Crippen LogP contribution in [0.15, 0.2) is 36.8 Å². The lowest BCUT2D eigenvalue weighted by Gasteiger charge is -2.12. The smallest absolute Gasteiger partial charge is 0.132 e. The number of pyridine rings is 1. The summed E-state index contributed by atoms with van der Waals surface area (Å²) in [6.07, 6.45) is 5.35. The van der Waals surface area contributed by atoms with Crippen molar-refractivity contribution in [1.29, 1.82) is 0 Å². The number of aromatic amines is 1. The second-order valence-corrected chi connectivity index (χ2v) is 6.33. The van der Waals surface area contributed by atoms with Crippen LogP contribution in [0.5, 0.6) is 0 Å². The first-order chi connectivity index (χ1) is 12.6. The predicted molar refractivity (Wildman–Crippen MR) is 99.0 cm³/mol. The van der Waals surface area contributed by atoms with Gasteiger partial charge in [-0.25, -0.2) is 4.39 Å². The Morgan fingerprint density at radius 2 is 2.12 bits per heavy atom. The lowest BCUT2D eigenvalue weighted by atomic mass is 9.98. The van der Waals surface area contributed by atoms with Gasteiger partial charge >= 0.3 is 0 Å². The van der Waals surface area contributed by atoms with Crippen LogP contribution in [-0.4, -0.2) is 32.0 Å². The molecule has 7 heteroatoms. The molecule has 0 unspecified atom stereocenters. The molecule has 0 atom stereocenters. The summed E-state index contributed by atoms with van der Waals surface area (Å²) >= 11 is 0. The second-order valence-electron chi connectivity index (χ2n) is 6.33. The van der Waals surface area contributed by atoms with Gasteiger partial charge in [-0.2, -0.15) is 10.2 Å². The molecule has 6 nitrogen and oxygen atoms in total. The largest absolute Gasteiger partial charge is 0.316 e. The molecule has 0 radical (unpaired) electrons. The number of nitrogens with zero attached hydrogens (tertiary/aromatic N) is 4. The van der Waals surface area contributed by atoms with Crippen LogP contribution in [0, 0.1) is 12.7 Å². The average Bonchev–Trinajstić information content (AvgIpc) is 3.23. The van der Waals surface area contributed by atoms with E-state index >= 15 is 0 Å². The van der Waals surface area contributed by atoms with E-state index in [1.54, 1.807) is 17.1 Å². The van der Waals surface area contributed by atoms with Crippen molar-refractivity contribution >= 4 is 10.9 Å². The number of fused-ring (bicyclic) bond motifs is 1. The zero-order valence-electron chi connectivity index (χ0n) is 14.8. The molecule has 0 aliphatic heterocycles. The number of hydrogen-bond acceptors (Lipinski definition) is 4. The molecule has 0 saturated heterocycles. The van der Waals surface area contributed by atoms with E-state index in [0.717, 1.165) is 33.3 Å². The van der Waals surface area contributed by atoms with Gasteiger partial charge in [-0.05, 0) is 37.2 Å². The molecule has 0 fully saturated rings. The minimum Gasteiger partial charge on any atom is -0.316 e. The molecule has 132 valence electrons. The van der Waals surface area contributed by atoms with Crippen molar-refractivity contribution in [3.05, 3.63) is 53.7 Å². The fraction of sp³-hybridized carbons (Fsp3) is 0.211. The zero-order valence-corrected chi connectivity index (χ0v) is 14.8. The third-order valence-corrected chi connectivity index (χ3v) is 4.58. The van der Waals surface area contributed by atoms with Crippen LogP contribution in [0.25, 0.3) is 33.4 Å². The summed E-state index contributed by atoms with van der Waals surface area (Å²) in [7, 11) is 3.73. The molecule has 0 saturated carbocycles. The molecule has 0 aliphatic rings. The monoisotopic (exact) mass is 350 g/mol. The summed E-state index contributed by atoms with van der Waals surface area (Å²) < 4.78 is 16.3. The quantitative estimate of drug-likeness (QED) is 0.593. The molecule has 4 rings (SSSR count). The van der Waals surface area contributed by atoms with Gasteiger partial charge in [-0.3, -0.25) is 14.8 Å². The fourth-order valence-corrected chi connectivity index (χ4v) is 3.24. The van der Waals surface area contributed by atoms with Gasteiger partial charge in [0, 0.05) is 36.3 Å². The highest BCUT2D eigenvalue weighted by atomic mass is 19.1. The van der Waals surface area contributed by atoms with Crippen molar-refractivity contribution in [1.82, 2.24) is 30.3 Å². The Hall–Kier alpha value is -3.06. The minimum absolute atomic E-state index is 0.277. The topological polar surface area (TPSA) is 71.4 Å². The maximum absolute atomic E-state index is 14.6.